The minimum atomic E-state index is -1.09. The third-order valence-electron chi connectivity index (χ3n) is 2.78. The largest absolute Gasteiger partial charge is 0.368 e. The second kappa shape index (κ2) is 4.63. The fourth-order valence-corrected chi connectivity index (χ4v) is 2.98. The number of benzene rings is 1. The molecule has 0 aliphatic carbocycles. The topological polar surface area (TPSA) is 29.6 Å². The highest BCUT2D eigenvalue weighted by Gasteiger charge is 2.45. The van der Waals surface area contributed by atoms with Gasteiger partial charge in [-0.15, -0.1) is 0 Å². The minimum Gasteiger partial charge on any atom is -0.368 e. The van der Waals surface area contributed by atoms with Crippen LogP contribution in [0.15, 0.2) is 29.2 Å². The maximum absolute atomic E-state index is 12.3. The Bertz CT molecular complexity index is 385. The summed E-state index contributed by atoms with van der Waals surface area (Å²) in [7, 11) is -1.09. The molecule has 1 saturated heterocycles. The van der Waals surface area contributed by atoms with Crippen molar-refractivity contribution in [1.82, 2.24) is 0 Å². The molecular weight excluding hydrogens is 227 g/mol. The molecule has 1 heterocycles. The van der Waals surface area contributed by atoms with Crippen molar-refractivity contribution in [3.05, 3.63) is 29.8 Å². The molecule has 0 bridgehead atoms. The highest BCUT2D eigenvalue weighted by Crippen LogP contribution is 2.33. The summed E-state index contributed by atoms with van der Waals surface area (Å²) >= 11 is 0. The van der Waals surface area contributed by atoms with Crippen molar-refractivity contribution in [2.45, 2.75) is 23.8 Å². The zero-order valence-electron chi connectivity index (χ0n) is 9.24. The molecule has 0 unspecified atom stereocenters. The summed E-state index contributed by atoms with van der Waals surface area (Å²) in [6.45, 7) is 2.11. The minimum absolute atomic E-state index is 0.352. The van der Waals surface area contributed by atoms with Gasteiger partial charge >= 0.3 is 0 Å². The van der Waals surface area contributed by atoms with E-state index >= 15 is 0 Å². The van der Waals surface area contributed by atoms with Crippen LogP contribution in [0.5, 0.6) is 0 Å². The Morgan fingerprint density at radius 3 is 2.56 bits per heavy atom. The van der Waals surface area contributed by atoms with Crippen LogP contribution in [0.1, 0.15) is 12.0 Å². The van der Waals surface area contributed by atoms with Crippen LogP contribution in [0.25, 0.3) is 0 Å². The number of epoxide rings is 1. The van der Waals surface area contributed by atoms with Crippen LogP contribution in [0.4, 0.5) is 4.39 Å². The van der Waals surface area contributed by atoms with Gasteiger partial charge in [0, 0.05) is 11.3 Å². The van der Waals surface area contributed by atoms with E-state index in [9.17, 15) is 8.60 Å². The molecule has 0 N–H and O–H groups in total. The molecular formula is C12H15FO2S. The van der Waals surface area contributed by atoms with Crippen molar-refractivity contribution in [2.75, 3.05) is 19.0 Å². The third-order valence-corrected chi connectivity index (χ3v) is 4.37. The number of hydrogen-bond donors (Lipinski definition) is 0. The predicted octanol–water partition coefficient (Wildman–Crippen LogP) is 2.23. The van der Waals surface area contributed by atoms with Crippen LogP contribution in [-0.2, 0) is 15.5 Å². The lowest BCUT2D eigenvalue weighted by Crippen LogP contribution is -2.21. The number of ether oxygens (including phenoxy) is 1. The Morgan fingerprint density at radius 1 is 1.44 bits per heavy atom. The molecule has 88 valence electrons. The lowest BCUT2D eigenvalue weighted by atomic mass is 10.1. The van der Waals surface area contributed by atoms with E-state index < -0.39 is 23.1 Å². The van der Waals surface area contributed by atoms with E-state index in [1.165, 1.54) is 0 Å². The van der Waals surface area contributed by atoms with E-state index in [4.69, 9.17) is 4.74 Å². The predicted molar refractivity (Wildman–Crippen MR) is 61.7 cm³/mol. The lowest BCUT2D eigenvalue weighted by molar-refractivity contribution is 0.287. The van der Waals surface area contributed by atoms with Gasteiger partial charge in [0.25, 0.3) is 0 Å². The van der Waals surface area contributed by atoms with Gasteiger partial charge in [-0.2, -0.15) is 0 Å². The molecule has 1 aliphatic heterocycles. The summed E-state index contributed by atoms with van der Waals surface area (Å²) in [6, 6.07) is 7.58. The van der Waals surface area contributed by atoms with Crippen molar-refractivity contribution >= 4 is 10.8 Å². The van der Waals surface area contributed by atoms with Gasteiger partial charge in [-0.25, -0.2) is 0 Å². The summed E-state index contributed by atoms with van der Waals surface area (Å²) in [5.41, 5.74) is 0.687. The van der Waals surface area contributed by atoms with Gasteiger partial charge in [0.15, 0.2) is 0 Å². The fraction of sp³-hybridized carbons (Fsp3) is 0.500. The standard InChI is InChI=1S/C12H15FO2S/c1-10-2-4-11(5-3-10)16(14)9-12(6-7-13)8-15-12/h2-5H,6-9H2,1H3/t12-,16-/m1/s1. The van der Waals surface area contributed by atoms with Crippen molar-refractivity contribution in [3.63, 3.8) is 0 Å². The number of hydrogen-bond acceptors (Lipinski definition) is 2. The summed E-state index contributed by atoms with van der Waals surface area (Å²) in [4.78, 5) is 0.791. The lowest BCUT2D eigenvalue weighted by Gasteiger charge is -2.09. The van der Waals surface area contributed by atoms with E-state index in [0.717, 1.165) is 10.5 Å². The van der Waals surface area contributed by atoms with Crippen LogP contribution >= 0.6 is 0 Å². The van der Waals surface area contributed by atoms with E-state index in [2.05, 4.69) is 0 Å². The monoisotopic (exact) mass is 242 g/mol. The smallest absolute Gasteiger partial charge is 0.106 e. The second-order valence-electron chi connectivity index (χ2n) is 4.21. The molecule has 0 radical (unpaired) electrons. The number of aryl methyl sites for hydroxylation is 1. The Kier molecular flexibility index (Phi) is 3.40. The number of halogens is 1. The van der Waals surface area contributed by atoms with Crippen molar-refractivity contribution in [2.24, 2.45) is 0 Å². The van der Waals surface area contributed by atoms with E-state index in [1.807, 2.05) is 31.2 Å². The summed E-state index contributed by atoms with van der Waals surface area (Å²) in [5, 5.41) is 0. The van der Waals surface area contributed by atoms with Crippen molar-refractivity contribution in [3.8, 4) is 0 Å². The first-order chi connectivity index (χ1) is 7.65. The fourth-order valence-electron chi connectivity index (χ4n) is 1.59. The first-order valence-electron chi connectivity index (χ1n) is 5.30. The number of alkyl halides is 1. The maximum Gasteiger partial charge on any atom is 0.106 e. The number of rotatable bonds is 5. The highest BCUT2D eigenvalue weighted by molar-refractivity contribution is 7.85. The first kappa shape index (κ1) is 11.7. The van der Waals surface area contributed by atoms with Crippen molar-refractivity contribution < 1.29 is 13.3 Å². The van der Waals surface area contributed by atoms with Gasteiger partial charge in [0.1, 0.15) is 5.60 Å². The molecule has 1 aliphatic rings. The Hall–Kier alpha value is -0.740. The molecule has 2 rings (SSSR count). The van der Waals surface area contributed by atoms with Gasteiger partial charge in [-0.1, -0.05) is 17.7 Å². The van der Waals surface area contributed by atoms with Gasteiger partial charge in [-0.05, 0) is 19.1 Å². The summed E-state index contributed by atoms with van der Waals surface area (Å²) in [5.74, 6) is 0.403. The zero-order chi connectivity index (χ0) is 11.6. The molecule has 0 saturated carbocycles. The van der Waals surface area contributed by atoms with E-state index in [1.54, 1.807) is 0 Å². The van der Waals surface area contributed by atoms with E-state index in [-0.39, 0.29) is 0 Å². The van der Waals surface area contributed by atoms with Crippen LogP contribution in [0.3, 0.4) is 0 Å². The SMILES string of the molecule is Cc1ccc([S@](=O)C[C@@]2(CCF)CO2)cc1. The average molecular weight is 242 g/mol. The van der Waals surface area contributed by atoms with E-state index in [0.29, 0.717) is 18.8 Å². The Morgan fingerprint density at radius 2 is 2.06 bits per heavy atom. The summed E-state index contributed by atoms with van der Waals surface area (Å²) < 4.78 is 29.5. The zero-order valence-corrected chi connectivity index (χ0v) is 10.1. The van der Waals surface area contributed by atoms with Gasteiger partial charge < -0.3 is 4.74 Å². The molecule has 0 aromatic heterocycles. The first-order valence-corrected chi connectivity index (χ1v) is 6.62. The molecule has 4 heteroatoms. The summed E-state index contributed by atoms with van der Waals surface area (Å²) in [6.07, 6.45) is 0.352. The Labute approximate surface area is 97.3 Å². The molecule has 16 heavy (non-hydrogen) atoms. The Balaban J connectivity index is 2.00. The van der Waals surface area contributed by atoms with Crippen molar-refractivity contribution in [1.29, 1.82) is 0 Å². The molecule has 0 spiro atoms. The molecule has 2 nitrogen and oxygen atoms in total. The van der Waals surface area contributed by atoms with Gasteiger partial charge in [-0.3, -0.25) is 8.60 Å². The van der Waals surface area contributed by atoms with Crippen LogP contribution in [-0.4, -0.2) is 28.8 Å². The molecule has 2 atom stereocenters. The normalized spacial score (nSPS) is 25.4. The van der Waals surface area contributed by atoms with Gasteiger partial charge in [0.05, 0.1) is 29.8 Å². The quantitative estimate of drug-likeness (QED) is 0.741. The second-order valence-corrected chi connectivity index (χ2v) is 5.66. The molecule has 1 aromatic carbocycles. The third kappa shape index (κ3) is 2.68. The highest BCUT2D eigenvalue weighted by atomic mass is 32.2. The molecule has 0 amide bonds. The van der Waals surface area contributed by atoms with Gasteiger partial charge in [0.2, 0.25) is 0 Å². The van der Waals surface area contributed by atoms with Crippen LogP contribution in [0, 0.1) is 6.92 Å². The maximum atomic E-state index is 12.3. The molecule has 1 aromatic rings. The average Bonchev–Trinajstić information content (AvgIpc) is 2.99. The van der Waals surface area contributed by atoms with Crippen LogP contribution < -0.4 is 0 Å². The van der Waals surface area contributed by atoms with Crippen LogP contribution in [0.2, 0.25) is 0 Å². The molecule has 1 fully saturated rings.